The molecule has 7 nitrogen and oxygen atoms in total. The van der Waals surface area contributed by atoms with Gasteiger partial charge in [-0.25, -0.2) is 14.8 Å². The highest BCUT2D eigenvalue weighted by Crippen LogP contribution is 2.24. The first kappa shape index (κ1) is 15.2. The van der Waals surface area contributed by atoms with Crippen molar-refractivity contribution in [2.75, 3.05) is 31.6 Å². The maximum absolute atomic E-state index is 12.2. The Labute approximate surface area is 134 Å². The van der Waals surface area contributed by atoms with Crippen molar-refractivity contribution in [3.8, 4) is 11.8 Å². The average Bonchev–Trinajstić information content (AvgIpc) is 2.59. The van der Waals surface area contributed by atoms with Crippen molar-refractivity contribution in [1.29, 1.82) is 0 Å². The lowest BCUT2D eigenvalue weighted by atomic mass is 10.2. The van der Waals surface area contributed by atoms with E-state index in [0.717, 1.165) is 11.3 Å². The molecule has 0 saturated carbocycles. The van der Waals surface area contributed by atoms with E-state index in [-0.39, 0.29) is 12.0 Å². The molecule has 7 heteroatoms. The van der Waals surface area contributed by atoms with Gasteiger partial charge in [-0.3, -0.25) is 0 Å². The lowest BCUT2D eigenvalue weighted by Crippen LogP contribution is -2.43. The number of ether oxygens (including phenoxy) is 2. The topological polar surface area (TPSA) is 76.6 Å². The van der Waals surface area contributed by atoms with Crippen LogP contribution in [-0.2, 0) is 4.74 Å². The monoisotopic (exact) mass is 314 g/mol. The number of aromatic nitrogens is 2. The number of carbonyl (C=O) groups excluding carboxylic acids is 1. The van der Waals surface area contributed by atoms with Crippen LogP contribution in [0.4, 0.5) is 10.5 Å². The summed E-state index contributed by atoms with van der Waals surface area (Å²) in [5.74, 6) is 0.623. The molecular weight excluding hydrogens is 296 g/mol. The Kier molecular flexibility index (Phi) is 4.68. The van der Waals surface area contributed by atoms with Gasteiger partial charge in [0.05, 0.1) is 13.2 Å². The molecule has 2 amide bonds. The minimum atomic E-state index is -0.114. The van der Waals surface area contributed by atoms with Crippen LogP contribution in [0.5, 0.6) is 11.8 Å². The number of anilines is 1. The minimum Gasteiger partial charge on any atom is -0.424 e. The van der Waals surface area contributed by atoms with Crippen molar-refractivity contribution in [1.82, 2.24) is 14.9 Å². The number of nitrogens with zero attached hydrogens (tertiary/aromatic N) is 3. The van der Waals surface area contributed by atoms with Gasteiger partial charge in [0.2, 0.25) is 0 Å². The van der Waals surface area contributed by atoms with Crippen LogP contribution in [0.15, 0.2) is 36.7 Å². The fourth-order valence-corrected chi connectivity index (χ4v) is 2.24. The predicted octanol–water partition coefficient (Wildman–Crippen LogP) is 2.44. The van der Waals surface area contributed by atoms with E-state index in [4.69, 9.17) is 9.47 Å². The van der Waals surface area contributed by atoms with E-state index in [0.29, 0.717) is 32.1 Å². The second-order valence-corrected chi connectivity index (χ2v) is 5.14. The largest absolute Gasteiger partial charge is 0.424 e. The Morgan fingerprint density at radius 2 is 2.00 bits per heavy atom. The van der Waals surface area contributed by atoms with Crippen molar-refractivity contribution >= 4 is 11.7 Å². The second-order valence-electron chi connectivity index (χ2n) is 5.14. The van der Waals surface area contributed by atoms with Gasteiger partial charge in [-0.15, -0.1) is 0 Å². The molecule has 2 heterocycles. The summed E-state index contributed by atoms with van der Waals surface area (Å²) in [6.45, 7) is 4.29. The molecule has 1 aromatic carbocycles. The fourth-order valence-electron chi connectivity index (χ4n) is 2.24. The van der Waals surface area contributed by atoms with Crippen LogP contribution in [0.2, 0.25) is 0 Å². The SMILES string of the molecule is Cc1cc(Oc2ncccn2)ccc1NC(=O)N1CCOCC1. The summed E-state index contributed by atoms with van der Waals surface area (Å²) in [6.07, 6.45) is 3.23. The quantitative estimate of drug-likeness (QED) is 0.941. The lowest BCUT2D eigenvalue weighted by Gasteiger charge is -2.27. The van der Waals surface area contributed by atoms with Crippen molar-refractivity contribution < 1.29 is 14.3 Å². The summed E-state index contributed by atoms with van der Waals surface area (Å²) in [5.41, 5.74) is 1.66. The standard InChI is InChI=1S/C16H18N4O3/c1-12-11-13(23-15-17-5-2-6-18-15)3-4-14(12)19-16(21)20-7-9-22-10-8-20/h2-6,11H,7-10H2,1H3,(H,19,21). The summed E-state index contributed by atoms with van der Waals surface area (Å²) in [7, 11) is 0. The van der Waals surface area contributed by atoms with Gasteiger partial charge < -0.3 is 19.7 Å². The number of rotatable bonds is 3. The van der Waals surface area contributed by atoms with Crippen molar-refractivity contribution in [2.45, 2.75) is 6.92 Å². The van der Waals surface area contributed by atoms with E-state index < -0.39 is 0 Å². The lowest BCUT2D eigenvalue weighted by molar-refractivity contribution is 0.0564. The van der Waals surface area contributed by atoms with Crippen LogP contribution in [0.25, 0.3) is 0 Å². The molecule has 0 bridgehead atoms. The van der Waals surface area contributed by atoms with Crippen LogP contribution in [0.3, 0.4) is 0 Å². The molecule has 1 aliphatic heterocycles. The van der Waals surface area contributed by atoms with Crippen LogP contribution in [0, 0.1) is 6.92 Å². The van der Waals surface area contributed by atoms with Crippen LogP contribution in [0.1, 0.15) is 5.56 Å². The Bertz CT molecular complexity index is 672. The molecule has 0 unspecified atom stereocenters. The van der Waals surface area contributed by atoms with Gasteiger partial charge in [-0.05, 0) is 36.8 Å². The molecule has 2 aromatic rings. The Hall–Kier alpha value is -2.67. The smallest absolute Gasteiger partial charge is 0.322 e. The molecule has 1 fully saturated rings. The molecule has 3 rings (SSSR count). The van der Waals surface area contributed by atoms with Crippen LogP contribution >= 0.6 is 0 Å². The number of hydrogen-bond acceptors (Lipinski definition) is 5. The third kappa shape index (κ3) is 3.95. The number of benzene rings is 1. The Morgan fingerprint density at radius 1 is 1.26 bits per heavy atom. The normalized spacial score (nSPS) is 14.4. The van der Waals surface area contributed by atoms with E-state index in [9.17, 15) is 4.79 Å². The van der Waals surface area contributed by atoms with Crippen molar-refractivity contribution in [2.24, 2.45) is 0 Å². The number of amides is 2. The predicted molar refractivity (Wildman–Crippen MR) is 84.7 cm³/mol. The molecule has 0 radical (unpaired) electrons. The van der Waals surface area contributed by atoms with Gasteiger partial charge in [0, 0.05) is 31.2 Å². The summed E-state index contributed by atoms with van der Waals surface area (Å²) >= 11 is 0. The molecule has 120 valence electrons. The molecule has 1 saturated heterocycles. The maximum Gasteiger partial charge on any atom is 0.322 e. The number of nitrogens with one attached hydrogen (secondary N) is 1. The highest BCUT2D eigenvalue weighted by Gasteiger charge is 2.17. The first-order chi connectivity index (χ1) is 11.2. The van der Waals surface area contributed by atoms with E-state index in [1.165, 1.54) is 0 Å². The number of morpholine rings is 1. The zero-order chi connectivity index (χ0) is 16.1. The van der Waals surface area contributed by atoms with Gasteiger partial charge in [-0.1, -0.05) is 0 Å². The molecule has 1 aliphatic rings. The van der Waals surface area contributed by atoms with Gasteiger partial charge in [0.25, 0.3) is 0 Å². The van der Waals surface area contributed by atoms with Crippen molar-refractivity contribution in [3.05, 3.63) is 42.2 Å². The third-order valence-corrected chi connectivity index (χ3v) is 3.49. The summed E-state index contributed by atoms with van der Waals surface area (Å²) < 4.78 is 10.8. The fraction of sp³-hybridized carbons (Fsp3) is 0.312. The molecule has 0 atom stereocenters. The highest BCUT2D eigenvalue weighted by atomic mass is 16.5. The Balaban J connectivity index is 1.66. The highest BCUT2D eigenvalue weighted by molar-refractivity contribution is 5.90. The first-order valence-electron chi connectivity index (χ1n) is 7.41. The Morgan fingerprint density at radius 3 is 2.70 bits per heavy atom. The van der Waals surface area contributed by atoms with E-state index in [1.807, 2.05) is 19.1 Å². The summed E-state index contributed by atoms with van der Waals surface area (Å²) in [5, 5.41) is 2.92. The molecule has 1 N–H and O–H groups in total. The van der Waals surface area contributed by atoms with Crippen molar-refractivity contribution in [3.63, 3.8) is 0 Å². The van der Waals surface area contributed by atoms with Crippen LogP contribution in [-0.4, -0.2) is 47.2 Å². The molecular formula is C16H18N4O3. The maximum atomic E-state index is 12.2. The zero-order valence-corrected chi connectivity index (χ0v) is 12.9. The number of urea groups is 1. The summed E-state index contributed by atoms with van der Waals surface area (Å²) in [6, 6.07) is 7.33. The average molecular weight is 314 g/mol. The second kappa shape index (κ2) is 7.06. The molecule has 0 spiro atoms. The molecule has 1 aromatic heterocycles. The van der Waals surface area contributed by atoms with E-state index in [1.54, 1.807) is 29.4 Å². The number of aryl methyl sites for hydroxylation is 1. The van der Waals surface area contributed by atoms with Gasteiger partial charge >= 0.3 is 12.0 Å². The summed E-state index contributed by atoms with van der Waals surface area (Å²) in [4.78, 5) is 22.0. The zero-order valence-electron chi connectivity index (χ0n) is 12.9. The molecule has 23 heavy (non-hydrogen) atoms. The van der Waals surface area contributed by atoms with Crippen LogP contribution < -0.4 is 10.1 Å². The number of carbonyl (C=O) groups is 1. The first-order valence-corrected chi connectivity index (χ1v) is 7.41. The van der Waals surface area contributed by atoms with Gasteiger partial charge in [0.1, 0.15) is 5.75 Å². The molecule has 0 aliphatic carbocycles. The van der Waals surface area contributed by atoms with E-state index >= 15 is 0 Å². The number of hydrogen-bond donors (Lipinski definition) is 1. The van der Waals surface area contributed by atoms with Gasteiger partial charge in [-0.2, -0.15) is 0 Å². The van der Waals surface area contributed by atoms with Gasteiger partial charge in [0.15, 0.2) is 0 Å². The minimum absolute atomic E-state index is 0.114. The van der Waals surface area contributed by atoms with E-state index in [2.05, 4.69) is 15.3 Å². The third-order valence-electron chi connectivity index (χ3n) is 3.49.